The van der Waals surface area contributed by atoms with Crippen LogP contribution in [0.5, 0.6) is 0 Å². The highest BCUT2D eigenvalue weighted by Gasteiger charge is 2.37. The highest BCUT2D eigenvalue weighted by Crippen LogP contribution is 2.27. The second-order valence-electron chi connectivity index (χ2n) is 6.00. The van der Waals surface area contributed by atoms with Crippen LogP contribution in [0.15, 0.2) is 43.0 Å². The van der Waals surface area contributed by atoms with Gasteiger partial charge in [0.15, 0.2) is 0 Å². The molecular formula is C17H21N3O2. The lowest BCUT2D eigenvalue weighted by Crippen LogP contribution is -2.52. The average Bonchev–Trinajstić information content (AvgIpc) is 2.55. The molecule has 5 heteroatoms. The molecule has 116 valence electrons. The maximum atomic E-state index is 9.45. The van der Waals surface area contributed by atoms with Gasteiger partial charge in [0.2, 0.25) is 0 Å². The smallest absolute Gasteiger partial charge is 0.115 e. The van der Waals surface area contributed by atoms with Crippen molar-refractivity contribution in [3.8, 4) is 11.1 Å². The molecule has 0 spiro atoms. The number of hydrogen-bond donors (Lipinski definition) is 2. The first-order valence-corrected chi connectivity index (χ1v) is 7.50. The second kappa shape index (κ2) is 6.52. The summed E-state index contributed by atoms with van der Waals surface area (Å²) in [4.78, 5) is 8.08. The van der Waals surface area contributed by atoms with Crippen LogP contribution in [-0.4, -0.2) is 41.4 Å². The van der Waals surface area contributed by atoms with Crippen LogP contribution in [0.4, 0.5) is 0 Å². The molecule has 2 aromatic rings. The summed E-state index contributed by atoms with van der Waals surface area (Å²) in [5.74, 6) is 0. The third-order valence-corrected chi connectivity index (χ3v) is 4.24. The second-order valence-corrected chi connectivity index (χ2v) is 6.00. The van der Waals surface area contributed by atoms with Crippen molar-refractivity contribution in [2.24, 2.45) is 5.41 Å². The van der Waals surface area contributed by atoms with Crippen molar-refractivity contribution < 1.29 is 9.84 Å². The van der Waals surface area contributed by atoms with Crippen molar-refractivity contribution in [2.75, 3.05) is 26.4 Å². The summed E-state index contributed by atoms with van der Waals surface area (Å²) < 4.78 is 5.22. The highest BCUT2D eigenvalue weighted by molar-refractivity contribution is 5.61. The Morgan fingerprint density at radius 2 is 1.86 bits per heavy atom. The Balaban J connectivity index is 1.62. The molecule has 0 bridgehead atoms. The van der Waals surface area contributed by atoms with E-state index in [2.05, 4.69) is 46.5 Å². The van der Waals surface area contributed by atoms with E-state index < -0.39 is 0 Å². The van der Waals surface area contributed by atoms with Crippen molar-refractivity contribution in [2.45, 2.75) is 13.0 Å². The molecule has 5 nitrogen and oxygen atoms in total. The van der Waals surface area contributed by atoms with Crippen LogP contribution in [0.1, 0.15) is 18.5 Å². The molecule has 0 amide bonds. The lowest BCUT2D eigenvalue weighted by Gasteiger charge is -2.40. The standard InChI is InChI=1S/C17H21N3O2/c1-13(20-8-17(9-21)10-22-11-17)14-2-4-15(5-3-14)16-6-18-12-19-7-16/h2-7,12-13,20-21H,8-11H2,1H3. The first-order chi connectivity index (χ1) is 10.7. The SMILES string of the molecule is CC(NCC1(CO)COC1)c1ccc(-c2cncnc2)cc1. The Labute approximate surface area is 130 Å². The maximum Gasteiger partial charge on any atom is 0.115 e. The van der Waals surface area contributed by atoms with Gasteiger partial charge in [0.05, 0.1) is 25.2 Å². The predicted octanol–water partition coefficient (Wildman–Crippen LogP) is 1.80. The number of nitrogens with one attached hydrogen (secondary N) is 1. The quantitative estimate of drug-likeness (QED) is 0.851. The third kappa shape index (κ3) is 3.16. The lowest BCUT2D eigenvalue weighted by atomic mass is 9.86. The van der Waals surface area contributed by atoms with E-state index in [0.29, 0.717) is 13.2 Å². The molecule has 1 fully saturated rings. The van der Waals surface area contributed by atoms with E-state index in [1.165, 1.54) is 11.9 Å². The van der Waals surface area contributed by atoms with E-state index in [4.69, 9.17) is 4.74 Å². The van der Waals surface area contributed by atoms with Crippen LogP contribution in [0.3, 0.4) is 0 Å². The highest BCUT2D eigenvalue weighted by atomic mass is 16.5. The minimum atomic E-state index is -0.102. The fourth-order valence-electron chi connectivity index (χ4n) is 2.54. The summed E-state index contributed by atoms with van der Waals surface area (Å²) in [6, 6.07) is 8.62. The summed E-state index contributed by atoms with van der Waals surface area (Å²) in [6.45, 7) is 4.33. The normalized spacial score (nSPS) is 17.7. The zero-order valence-electron chi connectivity index (χ0n) is 12.7. The molecule has 1 aromatic heterocycles. The van der Waals surface area contributed by atoms with Gasteiger partial charge in [-0.1, -0.05) is 24.3 Å². The van der Waals surface area contributed by atoms with E-state index in [-0.39, 0.29) is 18.1 Å². The molecule has 1 unspecified atom stereocenters. The van der Waals surface area contributed by atoms with E-state index >= 15 is 0 Å². The summed E-state index contributed by atoms with van der Waals surface area (Å²) in [6.07, 6.45) is 5.15. The number of aromatic nitrogens is 2. The number of hydrogen-bond acceptors (Lipinski definition) is 5. The molecular weight excluding hydrogens is 278 g/mol. The predicted molar refractivity (Wildman–Crippen MR) is 84.2 cm³/mol. The topological polar surface area (TPSA) is 67.3 Å². The van der Waals surface area contributed by atoms with Crippen LogP contribution >= 0.6 is 0 Å². The zero-order chi connectivity index (χ0) is 15.4. The molecule has 2 N–H and O–H groups in total. The minimum absolute atomic E-state index is 0.102. The van der Waals surface area contributed by atoms with E-state index in [0.717, 1.165) is 17.7 Å². The lowest BCUT2D eigenvalue weighted by molar-refractivity contribution is -0.135. The van der Waals surface area contributed by atoms with Crippen molar-refractivity contribution >= 4 is 0 Å². The molecule has 0 aliphatic carbocycles. The Hall–Kier alpha value is -1.82. The van der Waals surface area contributed by atoms with Gasteiger partial charge in [0, 0.05) is 30.5 Å². The number of nitrogens with zero attached hydrogens (tertiary/aromatic N) is 2. The maximum absolute atomic E-state index is 9.45. The molecule has 2 heterocycles. The fourth-order valence-corrected chi connectivity index (χ4v) is 2.54. The van der Waals surface area contributed by atoms with Crippen molar-refractivity contribution in [1.82, 2.24) is 15.3 Å². The van der Waals surface area contributed by atoms with E-state index in [1.54, 1.807) is 0 Å². The molecule has 1 aromatic carbocycles. The Kier molecular flexibility index (Phi) is 4.47. The Morgan fingerprint density at radius 1 is 1.18 bits per heavy atom. The minimum Gasteiger partial charge on any atom is -0.396 e. The average molecular weight is 299 g/mol. The molecule has 0 radical (unpaired) electrons. The molecule has 22 heavy (non-hydrogen) atoms. The van der Waals surface area contributed by atoms with E-state index in [1.807, 2.05) is 12.4 Å². The van der Waals surface area contributed by atoms with Gasteiger partial charge >= 0.3 is 0 Å². The zero-order valence-corrected chi connectivity index (χ0v) is 12.7. The number of rotatable bonds is 6. The summed E-state index contributed by atoms with van der Waals surface area (Å²) >= 11 is 0. The van der Waals surface area contributed by atoms with Gasteiger partial charge in [-0.2, -0.15) is 0 Å². The first kappa shape index (κ1) is 15.1. The number of aliphatic hydroxyl groups excluding tert-OH is 1. The first-order valence-electron chi connectivity index (χ1n) is 7.50. The van der Waals surface area contributed by atoms with Gasteiger partial charge in [-0.3, -0.25) is 0 Å². The van der Waals surface area contributed by atoms with Gasteiger partial charge in [-0.25, -0.2) is 9.97 Å². The third-order valence-electron chi connectivity index (χ3n) is 4.24. The van der Waals surface area contributed by atoms with Crippen LogP contribution in [-0.2, 0) is 4.74 Å². The molecule has 3 rings (SSSR count). The van der Waals surface area contributed by atoms with Crippen molar-refractivity contribution in [3.63, 3.8) is 0 Å². The van der Waals surface area contributed by atoms with Gasteiger partial charge in [0.1, 0.15) is 6.33 Å². The van der Waals surface area contributed by atoms with Gasteiger partial charge in [-0.15, -0.1) is 0 Å². The Bertz CT molecular complexity index is 592. The summed E-state index contributed by atoms with van der Waals surface area (Å²) in [5.41, 5.74) is 3.24. The van der Waals surface area contributed by atoms with Crippen molar-refractivity contribution in [3.05, 3.63) is 48.5 Å². The molecule has 0 saturated carbocycles. The number of aliphatic hydroxyl groups is 1. The number of ether oxygens (including phenoxy) is 1. The van der Waals surface area contributed by atoms with Gasteiger partial charge < -0.3 is 15.2 Å². The fraction of sp³-hybridized carbons (Fsp3) is 0.412. The molecule has 1 aliphatic rings. The van der Waals surface area contributed by atoms with E-state index in [9.17, 15) is 5.11 Å². The van der Waals surface area contributed by atoms with Crippen LogP contribution in [0, 0.1) is 5.41 Å². The molecule has 1 saturated heterocycles. The van der Waals surface area contributed by atoms with Gasteiger partial charge in [0.25, 0.3) is 0 Å². The largest absolute Gasteiger partial charge is 0.396 e. The molecule has 1 aliphatic heterocycles. The Morgan fingerprint density at radius 3 is 2.41 bits per heavy atom. The van der Waals surface area contributed by atoms with Crippen molar-refractivity contribution in [1.29, 1.82) is 0 Å². The monoisotopic (exact) mass is 299 g/mol. The van der Waals surface area contributed by atoms with Crippen LogP contribution in [0.25, 0.3) is 11.1 Å². The number of benzene rings is 1. The van der Waals surface area contributed by atoms with Crippen LogP contribution < -0.4 is 5.32 Å². The van der Waals surface area contributed by atoms with Crippen LogP contribution in [0.2, 0.25) is 0 Å². The van der Waals surface area contributed by atoms with Gasteiger partial charge in [-0.05, 0) is 18.1 Å². The summed E-state index contributed by atoms with van der Waals surface area (Å²) in [5, 5.41) is 12.9. The molecule has 1 atom stereocenters. The summed E-state index contributed by atoms with van der Waals surface area (Å²) in [7, 11) is 0.